The summed E-state index contributed by atoms with van der Waals surface area (Å²) >= 11 is 1.44. The molecule has 6 nitrogen and oxygen atoms in total. The van der Waals surface area contributed by atoms with Crippen LogP contribution in [0.1, 0.15) is 41.7 Å². The minimum atomic E-state index is -0.312. The fourth-order valence-corrected chi connectivity index (χ4v) is 3.21. The Bertz CT molecular complexity index is 644. The zero-order valence-electron chi connectivity index (χ0n) is 12.8. The number of aromatic nitrogens is 2. The van der Waals surface area contributed by atoms with Gasteiger partial charge in [-0.2, -0.15) is 0 Å². The van der Waals surface area contributed by atoms with Gasteiger partial charge in [0.2, 0.25) is 5.76 Å². The predicted octanol–water partition coefficient (Wildman–Crippen LogP) is 2.92. The van der Waals surface area contributed by atoms with Gasteiger partial charge in [0.15, 0.2) is 5.13 Å². The summed E-state index contributed by atoms with van der Waals surface area (Å²) in [6, 6.07) is 1.61. The standard InChI is InChI=1S/C15H20N4O2S/c1-10-3-5-19(6-4-10)8-12-9-22-15(16-12)17-14(20)13-7-11(2)18-21-13/h7,9-10H,3-6,8H2,1-2H3,(H,16,17,20). The number of aryl methyl sites for hydroxylation is 1. The van der Waals surface area contributed by atoms with Crippen molar-refractivity contribution in [3.05, 3.63) is 28.6 Å². The minimum absolute atomic E-state index is 0.208. The summed E-state index contributed by atoms with van der Waals surface area (Å²) in [6.45, 7) is 7.18. The molecule has 0 unspecified atom stereocenters. The highest BCUT2D eigenvalue weighted by atomic mass is 32.1. The first-order chi connectivity index (χ1) is 10.6. The molecule has 1 aliphatic rings. The predicted molar refractivity (Wildman–Crippen MR) is 85.0 cm³/mol. The van der Waals surface area contributed by atoms with Crippen molar-refractivity contribution in [1.82, 2.24) is 15.0 Å². The summed E-state index contributed by atoms with van der Waals surface area (Å²) in [5, 5.41) is 9.06. The van der Waals surface area contributed by atoms with E-state index in [1.165, 1.54) is 24.2 Å². The second kappa shape index (κ2) is 6.58. The van der Waals surface area contributed by atoms with Crippen LogP contribution in [0.2, 0.25) is 0 Å². The van der Waals surface area contributed by atoms with Crippen molar-refractivity contribution >= 4 is 22.4 Å². The van der Waals surface area contributed by atoms with Gasteiger partial charge in [-0.3, -0.25) is 15.0 Å². The molecular formula is C15H20N4O2S. The third-order valence-corrected chi connectivity index (χ3v) is 4.69. The van der Waals surface area contributed by atoms with Crippen LogP contribution in [0.5, 0.6) is 0 Å². The molecule has 0 spiro atoms. The Morgan fingerprint density at radius 1 is 1.50 bits per heavy atom. The molecule has 1 amide bonds. The van der Waals surface area contributed by atoms with E-state index in [0.717, 1.165) is 31.2 Å². The highest BCUT2D eigenvalue weighted by molar-refractivity contribution is 7.13. The van der Waals surface area contributed by atoms with Crippen molar-refractivity contribution in [2.75, 3.05) is 18.4 Å². The van der Waals surface area contributed by atoms with E-state index in [4.69, 9.17) is 4.52 Å². The second-order valence-corrected chi connectivity index (χ2v) is 6.75. The zero-order valence-corrected chi connectivity index (χ0v) is 13.7. The fraction of sp³-hybridized carbons (Fsp3) is 0.533. The number of piperidine rings is 1. The molecule has 2 aromatic heterocycles. The number of nitrogens with zero attached hydrogens (tertiary/aromatic N) is 3. The molecule has 0 radical (unpaired) electrons. The lowest BCUT2D eigenvalue weighted by Gasteiger charge is -2.29. The monoisotopic (exact) mass is 320 g/mol. The maximum Gasteiger partial charge on any atom is 0.296 e. The van der Waals surface area contributed by atoms with Gasteiger partial charge in [-0.15, -0.1) is 11.3 Å². The van der Waals surface area contributed by atoms with Crippen LogP contribution in [0.4, 0.5) is 5.13 Å². The van der Waals surface area contributed by atoms with Crippen LogP contribution in [0.3, 0.4) is 0 Å². The summed E-state index contributed by atoms with van der Waals surface area (Å²) in [7, 11) is 0. The summed E-state index contributed by atoms with van der Waals surface area (Å²) in [5.41, 5.74) is 1.69. The van der Waals surface area contributed by atoms with Crippen LogP contribution < -0.4 is 5.32 Å². The Labute approximate surface area is 133 Å². The molecule has 0 saturated carbocycles. The largest absolute Gasteiger partial charge is 0.351 e. The number of carbonyl (C=O) groups excluding carboxylic acids is 1. The molecule has 3 rings (SSSR count). The Morgan fingerprint density at radius 3 is 2.95 bits per heavy atom. The van der Waals surface area contributed by atoms with Gasteiger partial charge in [-0.1, -0.05) is 12.1 Å². The number of hydrogen-bond donors (Lipinski definition) is 1. The van der Waals surface area contributed by atoms with Crippen LogP contribution in [0.15, 0.2) is 16.0 Å². The first-order valence-corrected chi connectivity index (χ1v) is 8.39. The van der Waals surface area contributed by atoms with E-state index in [-0.39, 0.29) is 11.7 Å². The van der Waals surface area contributed by atoms with Gasteiger partial charge < -0.3 is 4.52 Å². The normalized spacial score (nSPS) is 16.8. The molecule has 1 saturated heterocycles. The van der Waals surface area contributed by atoms with Crippen molar-refractivity contribution in [3.63, 3.8) is 0 Å². The quantitative estimate of drug-likeness (QED) is 0.938. The Morgan fingerprint density at radius 2 is 2.27 bits per heavy atom. The molecule has 118 valence electrons. The molecule has 0 bridgehead atoms. The number of thiazole rings is 1. The molecule has 1 N–H and O–H groups in total. The highest BCUT2D eigenvalue weighted by Gasteiger charge is 2.18. The van der Waals surface area contributed by atoms with E-state index >= 15 is 0 Å². The molecule has 1 aliphatic heterocycles. The number of anilines is 1. The maximum absolute atomic E-state index is 12.0. The average Bonchev–Trinajstić information content (AvgIpc) is 3.11. The van der Waals surface area contributed by atoms with E-state index in [1.54, 1.807) is 13.0 Å². The smallest absolute Gasteiger partial charge is 0.296 e. The fourth-order valence-electron chi connectivity index (χ4n) is 2.52. The molecule has 2 aromatic rings. The Hall–Kier alpha value is -1.73. The number of amides is 1. The number of hydrogen-bond acceptors (Lipinski definition) is 6. The number of rotatable bonds is 4. The van der Waals surface area contributed by atoms with Crippen LogP contribution in [0, 0.1) is 12.8 Å². The van der Waals surface area contributed by atoms with E-state index in [2.05, 4.69) is 27.3 Å². The number of likely N-dealkylation sites (tertiary alicyclic amines) is 1. The minimum Gasteiger partial charge on any atom is -0.351 e. The van der Waals surface area contributed by atoms with Gasteiger partial charge in [0, 0.05) is 18.0 Å². The molecule has 3 heterocycles. The van der Waals surface area contributed by atoms with Gasteiger partial charge in [0.25, 0.3) is 5.91 Å². The molecular weight excluding hydrogens is 300 g/mol. The lowest BCUT2D eigenvalue weighted by atomic mass is 9.99. The number of carbonyl (C=O) groups is 1. The lowest BCUT2D eigenvalue weighted by Crippen LogP contribution is -2.32. The molecule has 0 aliphatic carbocycles. The van der Waals surface area contributed by atoms with Crippen LogP contribution in [0.25, 0.3) is 0 Å². The summed E-state index contributed by atoms with van der Waals surface area (Å²) in [4.78, 5) is 18.9. The third kappa shape index (κ3) is 3.72. The van der Waals surface area contributed by atoms with Crippen LogP contribution >= 0.6 is 11.3 Å². The topological polar surface area (TPSA) is 71.3 Å². The zero-order chi connectivity index (χ0) is 15.5. The Kier molecular flexibility index (Phi) is 4.54. The van der Waals surface area contributed by atoms with Gasteiger partial charge in [0.1, 0.15) is 0 Å². The van der Waals surface area contributed by atoms with Crippen molar-refractivity contribution in [2.24, 2.45) is 5.92 Å². The summed E-state index contributed by atoms with van der Waals surface area (Å²) in [5.74, 6) is 0.722. The highest BCUT2D eigenvalue weighted by Crippen LogP contribution is 2.21. The second-order valence-electron chi connectivity index (χ2n) is 5.89. The van der Waals surface area contributed by atoms with Gasteiger partial charge in [-0.05, 0) is 38.8 Å². The molecule has 0 aromatic carbocycles. The van der Waals surface area contributed by atoms with E-state index in [0.29, 0.717) is 10.8 Å². The Balaban J connectivity index is 1.56. The van der Waals surface area contributed by atoms with E-state index in [1.807, 2.05) is 5.38 Å². The first-order valence-electron chi connectivity index (χ1n) is 7.51. The summed E-state index contributed by atoms with van der Waals surface area (Å²) in [6.07, 6.45) is 2.50. The molecule has 22 heavy (non-hydrogen) atoms. The van der Waals surface area contributed by atoms with Gasteiger partial charge in [0.05, 0.1) is 11.4 Å². The molecule has 0 atom stereocenters. The summed E-state index contributed by atoms with van der Waals surface area (Å²) < 4.78 is 4.94. The SMILES string of the molecule is Cc1cc(C(=O)Nc2nc(CN3CCC(C)CC3)cs2)on1. The third-order valence-electron chi connectivity index (χ3n) is 3.89. The van der Waals surface area contributed by atoms with Gasteiger partial charge in [-0.25, -0.2) is 4.98 Å². The average molecular weight is 320 g/mol. The van der Waals surface area contributed by atoms with Crippen molar-refractivity contribution in [3.8, 4) is 0 Å². The van der Waals surface area contributed by atoms with Crippen LogP contribution in [-0.2, 0) is 6.54 Å². The molecule has 7 heteroatoms. The number of nitrogens with one attached hydrogen (secondary N) is 1. The van der Waals surface area contributed by atoms with Crippen molar-refractivity contribution < 1.29 is 9.32 Å². The molecule has 1 fully saturated rings. The van der Waals surface area contributed by atoms with Crippen molar-refractivity contribution in [1.29, 1.82) is 0 Å². The van der Waals surface area contributed by atoms with Crippen LogP contribution in [-0.4, -0.2) is 34.0 Å². The maximum atomic E-state index is 12.0. The van der Waals surface area contributed by atoms with Crippen molar-refractivity contribution in [2.45, 2.75) is 33.2 Å². The van der Waals surface area contributed by atoms with Gasteiger partial charge >= 0.3 is 0 Å². The van der Waals surface area contributed by atoms with E-state index < -0.39 is 0 Å². The van der Waals surface area contributed by atoms with E-state index in [9.17, 15) is 4.79 Å². The lowest BCUT2D eigenvalue weighted by molar-refractivity contribution is 0.0988. The first kappa shape index (κ1) is 15.2.